The zero-order chi connectivity index (χ0) is 12.8. The van der Waals surface area contributed by atoms with Crippen molar-refractivity contribution in [1.29, 1.82) is 0 Å². The molecule has 0 amide bonds. The van der Waals surface area contributed by atoms with Gasteiger partial charge in [0.15, 0.2) is 9.84 Å². The first kappa shape index (κ1) is 15.6. The van der Waals surface area contributed by atoms with E-state index in [0.29, 0.717) is 6.42 Å². The lowest BCUT2D eigenvalue weighted by Gasteiger charge is -2.11. The summed E-state index contributed by atoms with van der Waals surface area (Å²) in [6.07, 6.45) is 0.539. The van der Waals surface area contributed by atoms with E-state index in [9.17, 15) is 13.2 Å². The van der Waals surface area contributed by atoms with Gasteiger partial charge >= 0.3 is 0 Å². The Bertz CT molecular complexity index is 309. The summed E-state index contributed by atoms with van der Waals surface area (Å²) in [4.78, 5) is 11.5. The van der Waals surface area contributed by atoms with Crippen molar-refractivity contribution in [3.8, 4) is 0 Å². The van der Waals surface area contributed by atoms with Crippen LogP contribution in [0.1, 0.15) is 40.5 Å². The van der Waals surface area contributed by atoms with Gasteiger partial charge in [-0.2, -0.15) is 0 Å². The van der Waals surface area contributed by atoms with Gasteiger partial charge in [-0.15, -0.1) is 0 Å². The van der Waals surface area contributed by atoms with E-state index in [1.54, 1.807) is 13.8 Å². The Morgan fingerprint density at radius 1 is 1.25 bits per heavy atom. The molecule has 16 heavy (non-hydrogen) atoms. The van der Waals surface area contributed by atoms with Crippen LogP contribution >= 0.6 is 0 Å². The molecule has 0 aliphatic rings. The van der Waals surface area contributed by atoms with E-state index < -0.39 is 15.1 Å². The highest BCUT2D eigenvalue weighted by Crippen LogP contribution is 2.05. The summed E-state index contributed by atoms with van der Waals surface area (Å²) in [6.45, 7) is 8.00. The second-order valence-electron chi connectivity index (χ2n) is 4.37. The average molecular weight is 249 g/mol. The summed E-state index contributed by atoms with van der Waals surface area (Å²) in [7, 11) is -3.08. The molecule has 0 aliphatic carbocycles. The Labute approximate surface area is 98.7 Å². The maximum absolute atomic E-state index is 11.5. The first-order chi connectivity index (χ1) is 7.29. The molecule has 0 fully saturated rings. The Balaban J connectivity index is 4.00. The van der Waals surface area contributed by atoms with E-state index in [2.05, 4.69) is 5.32 Å². The third kappa shape index (κ3) is 6.23. The molecule has 0 aromatic rings. The van der Waals surface area contributed by atoms with Gasteiger partial charge in [0.2, 0.25) is 0 Å². The molecule has 5 heteroatoms. The van der Waals surface area contributed by atoms with Crippen molar-refractivity contribution in [1.82, 2.24) is 5.32 Å². The number of sulfone groups is 1. The summed E-state index contributed by atoms with van der Waals surface area (Å²) in [5.74, 6) is -0.0137. The van der Waals surface area contributed by atoms with E-state index in [1.165, 1.54) is 0 Å². The second-order valence-corrected chi connectivity index (χ2v) is 7.04. The van der Waals surface area contributed by atoms with Crippen molar-refractivity contribution >= 4 is 15.6 Å². The van der Waals surface area contributed by atoms with Gasteiger partial charge in [-0.3, -0.25) is 4.79 Å². The third-order valence-corrected chi connectivity index (χ3v) is 4.68. The SMILES string of the molecule is CCNC(C)CC(=O)CCS(=O)(=O)C(C)C. The average Bonchev–Trinajstić information content (AvgIpc) is 2.15. The first-order valence-corrected chi connectivity index (χ1v) is 7.47. The number of hydrogen-bond donors (Lipinski definition) is 1. The molecule has 96 valence electrons. The van der Waals surface area contributed by atoms with Crippen molar-refractivity contribution in [3.05, 3.63) is 0 Å². The van der Waals surface area contributed by atoms with E-state index in [1.807, 2.05) is 13.8 Å². The monoisotopic (exact) mass is 249 g/mol. The Morgan fingerprint density at radius 2 is 1.81 bits per heavy atom. The molecule has 0 aliphatic heterocycles. The van der Waals surface area contributed by atoms with Crippen LogP contribution in [-0.2, 0) is 14.6 Å². The minimum absolute atomic E-state index is 0.0117. The highest BCUT2D eigenvalue weighted by atomic mass is 32.2. The van der Waals surface area contributed by atoms with E-state index >= 15 is 0 Å². The molecule has 0 saturated carbocycles. The first-order valence-electron chi connectivity index (χ1n) is 5.76. The predicted octanol–water partition coefficient (Wildman–Crippen LogP) is 1.16. The summed E-state index contributed by atoms with van der Waals surface area (Å²) in [5.41, 5.74) is 0. The van der Waals surface area contributed by atoms with Gasteiger partial charge in [-0.05, 0) is 27.3 Å². The van der Waals surface area contributed by atoms with Crippen LogP contribution in [0.15, 0.2) is 0 Å². The van der Waals surface area contributed by atoms with Gasteiger partial charge in [0.25, 0.3) is 0 Å². The van der Waals surface area contributed by atoms with Crippen molar-refractivity contribution in [3.63, 3.8) is 0 Å². The van der Waals surface area contributed by atoms with Crippen LogP contribution in [0.25, 0.3) is 0 Å². The highest BCUT2D eigenvalue weighted by Gasteiger charge is 2.18. The lowest BCUT2D eigenvalue weighted by atomic mass is 10.1. The molecule has 0 radical (unpaired) electrons. The number of hydrogen-bond acceptors (Lipinski definition) is 4. The van der Waals surface area contributed by atoms with Crippen LogP contribution < -0.4 is 5.32 Å². The smallest absolute Gasteiger partial charge is 0.153 e. The fourth-order valence-electron chi connectivity index (χ4n) is 1.36. The molecule has 0 bridgehead atoms. The fraction of sp³-hybridized carbons (Fsp3) is 0.909. The Kier molecular flexibility index (Phi) is 6.83. The normalized spacial score (nSPS) is 14.1. The van der Waals surface area contributed by atoms with Gasteiger partial charge in [-0.25, -0.2) is 8.42 Å². The molecule has 1 unspecified atom stereocenters. The Morgan fingerprint density at radius 3 is 2.25 bits per heavy atom. The molecule has 0 aromatic heterocycles. The van der Waals surface area contributed by atoms with Gasteiger partial charge in [0.05, 0.1) is 11.0 Å². The van der Waals surface area contributed by atoms with Crippen LogP contribution in [0.3, 0.4) is 0 Å². The summed E-state index contributed by atoms with van der Waals surface area (Å²) in [6, 6.07) is 0.124. The van der Waals surface area contributed by atoms with Crippen LogP contribution in [0.2, 0.25) is 0 Å². The summed E-state index contributed by atoms with van der Waals surface area (Å²) < 4.78 is 23.0. The quantitative estimate of drug-likeness (QED) is 0.701. The molecule has 0 saturated heterocycles. The van der Waals surface area contributed by atoms with Crippen molar-refractivity contribution in [2.75, 3.05) is 12.3 Å². The minimum atomic E-state index is -3.08. The number of rotatable bonds is 8. The lowest BCUT2D eigenvalue weighted by molar-refractivity contribution is -0.119. The predicted molar refractivity (Wildman–Crippen MR) is 66.3 cm³/mol. The molecule has 1 atom stereocenters. The van der Waals surface area contributed by atoms with E-state index in [4.69, 9.17) is 0 Å². The van der Waals surface area contributed by atoms with Crippen LogP contribution in [0.5, 0.6) is 0 Å². The van der Waals surface area contributed by atoms with Gasteiger partial charge in [-0.1, -0.05) is 6.92 Å². The summed E-state index contributed by atoms with van der Waals surface area (Å²) in [5, 5.41) is 2.73. The minimum Gasteiger partial charge on any atom is -0.314 e. The summed E-state index contributed by atoms with van der Waals surface area (Å²) >= 11 is 0. The molecular formula is C11H23NO3S. The zero-order valence-electron chi connectivity index (χ0n) is 10.6. The Hall–Kier alpha value is -0.420. The number of Topliss-reactive ketones (excluding diaryl/α,β-unsaturated/α-hetero) is 1. The maximum Gasteiger partial charge on any atom is 0.153 e. The van der Waals surface area contributed by atoms with Crippen LogP contribution in [0.4, 0.5) is 0 Å². The zero-order valence-corrected chi connectivity index (χ0v) is 11.4. The van der Waals surface area contributed by atoms with Gasteiger partial charge in [0, 0.05) is 18.9 Å². The fourth-order valence-corrected chi connectivity index (χ4v) is 2.34. The van der Waals surface area contributed by atoms with Gasteiger partial charge in [0.1, 0.15) is 5.78 Å². The van der Waals surface area contributed by atoms with Crippen molar-refractivity contribution in [2.45, 2.75) is 51.8 Å². The topological polar surface area (TPSA) is 63.2 Å². The largest absolute Gasteiger partial charge is 0.314 e. The molecule has 0 heterocycles. The number of nitrogens with one attached hydrogen (secondary N) is 1. The molecule has 4 nitrogen and oxygen atoms in total. The van der Waals surface area contributed by atoms with Crippen LogP contribution in [-0.4, -0.2) is 37.8 Å². The molecule has 1 N–H and O–H groups in total. The number of ketones is 1. The van der Waals surface area contributed by atoms with Crippen LogP contribution in [0, 0.1) is 0 Å². The van der Waals surface area contributed by atoms with Crippen molar-refractivity contribution < 1.29 is 13.2 Å². The second kappa shape index (κ2) is 7.01. The highest BCUT2D eigenvalue weighted by molar-refractivity contribution is 7.91. The molecule has 0 aromatic carbocycles. The maximum atomic E-state index is 11.5. The van der Waals surface area contributed by atoms with E-state index in [-0.39, 0.29) is 24.0 Å². The third-order valence-electron chi connectivity index (χ3n) is 2.47. The number of carbonyl (C=O) groups is 1. The van der Waals surface area contributed by atoms with Crippen molar-refractivity contribution in [2.24, 2.45) is 0 Å². The number of carbonyl (C=O) groups excluding carboxylic acids is 1. The standard InChI is InChI=1S/C11H23NO3S/c1-5-12-10(4)8-11(13)6-7-16(14,15)9(2)3/h9-10,12H,5-8H2,1-4H3. The van der Waals surface area contributed by atoms with Gasteiger partial charge < -0.3 is 5.32 Å². The molecule has 0 rings (SSSR count). The molecular weight excluding hydrogens is 226 g/mol. The molecule has 0 spiro atoms. The van der Waals surface area contributed by atoms with E-state index in [0.717, 1.165) is 6.54 Å². The lowest BCUT2D eigenvalue weighted by Crippen LogP contribution is -2.29.